The summed E-state index contributed by atoms with van der Waals surface area (Å²) in [5, 5.41) is 0. The Bertz CT molecular complexity index is 420. The number of nitrogens with two attached hydrogens (primary N) is 1. The second-order valence-corrected chi connectivity index (χ2v) is 3.67. The van der Waals surface area contributed by atoms with Gasteiger partial charge in [0.15, 0.2) is 6.61 Å². The minimum Gasteiger partial charge on any atom is -0.468 e. The van der Waals surface area contributed by atoms with Crippen LogP contribution in [-0.2, 0) is 4.74 Å². The van der Waals surface area contributed by atoms with Gasteiger partial charge in [0.1, 0.15) is 6.10 Å². The van der Waals surface area contributed by atoms with E-state index in [1.807, 2.05) is 0 Å². The van der Waals surface area contributed by atoms with Crippen LogP contribution < -0.4 is 10.5 Å². The number of hydrogen-bond donors (Lipinski definition) is 1. The molecule has 0 saturated heterocycles. The molecule has 19 heavy (non-hydrogen) atoms. The predicted octanol–water partition coefficient (Wildman–Crippen LogP) is 2.57. The van der Waals surface area contributed by atoms with Gasteiger partial charge in [0.25, 0.3) is 0 Å². The maximum absolute atomic E-state index is 11.9. The Morgan fingerprint density at radius 1 is 1.47 bits per heavy atom. The number of amides is 1. The van der Waals surface area contributed by atoms with Gasteiger partial charge >= 0.3 is 12.3 Å². The van der Waals surface area contributed by atoms with Gasteiger partial charge in [-0.05, 0) is 12.5 Å². The third-order valence-corrected chi connectivity index (χ3v) is 2.14. The van der Waals surface area contributed by atoms with Crippen molar-refractivity contribution in [3.05, 3.63) is 23.9 Å². The quantitative estimate of drug-likeness (QED) is 0.898. The Labute approximate surface area is 107 Å². The van der Waals surface area contributed by atoms with Crippen LogP contribution in [0, 0.1) is 0 Å². The lowest BCUT2D eigenvalue weighted by molar-refractivity contribution is -0.154. The summed E-state index contributed by atoms with van der Waals surface area (Å²) in [4.78, 5) is 14.4. The van der Waals surface area contributed by atoms with Gasteiger partial charge in [0, 0.05) is 17.8 Å². The van der Waals surface area contributed by atoms with Crippen molar-refractivity contribution in [1.29, 1.82) is 0 Å². The van der Waals surface area contributed by atoms with E-state index in [0.29, 0.717) is 12.0 Å². The number of ether oxygens (including phenoxy) is 2. The lowest BCUT2D eigenvalue weighted by Gasteiger charge is -2.15. The van der Waals surface area contributed by atoms with E-state index in [1.165, 1.54) is 18.3 Å². The monoisotopic (exact) mass is 278 g/mol. The highest BCUT2D eigenvalue weighted by Gasteiger charge is 2.28. The lowest BCUT2D eigenvalue weighted by atomic mass is 10.1. The molecule has 1 unspecified atom stereocenters. The summed E-state index contributed by atoms with van der Waals surface area (Å²) >= 11 is 0. The van der Waals surface area contributed by atoms with Crippen molar-refractivity contribution in [2.75, 3.05) is 6.61 Å². The van der Waals surface area contributed by atoms with Gasteiger partial charge in [-0.25, -0.2) is 9.78 Å². The summed E-state index contributed by atoms with van der Waals surface area (Å²) in [6, 6.07) is 2.74. The number of aromatic nitrogens is 1. The highest BCUT2D eigenvalue weighted by molar-refractivity contribution is 5.65. The molecule has 0 aliphatic rings. The molecule has 0 radical (unpaired) electrons. The standard InChI is InChI=1S/C11H13F3N2O3/c1-2-8(19-10(15)17)7-3-4-9(16-5-7)18-6-11(12,13)14/h3-5,8H,2,6H2,1H3,(H2,15,17). The maximum atomic E-state index is 11.9. The number of carbonyl (C=O) groups is 1. The molecule has 0 spiro atoms. The number of nitrogens with zero attached hydrogens (tertiary/aromatic N) is 1. The molecule has 106 valence electrons. The van der Waals surface area contributed by atoms with Crippen LogP contribution in [0.2, 0.25) is 0 Å². The molecular weight excluding hydrogens is 265 g/mol. The summed E-state index contributed by atoms with van der Waals surface area (Å²) in [7, 11) is 0. The number of alkyl halides is 3. The fourth-order valence-corrected chi connectivity index (χ4v) is 1.35. The molecule has 1 atom stereocenters. The third kappa shape index (κ3) is 5.45. The first-order valence-electron chi connectivity index (χ1n) is 5.43. The summed E-state index contributed by atoms with van der Waals surface area (Å²) in [5.74, 6) is -0.157. The first kappa shape index (κ1) is 15.1. The molecule has 0 aliphatic carbocycles. The first-order chi connectivity index (χ1) is 8.81. The van der Waals surface area contributed by atoms with E-state index in [0.717, 1.165) is 0 Å². The van der Waals surface area contributed by atoms with E-state index >= 15 is 0 Å². The number of primary amides is 1. The zero-order chi connectivity index (χ0) is 14.5. The normalized spacial score (nSPS) is 12.8. The fraction of sp³-hybridized carbons (Fsp3) is 0.455. The Kier molecular flexibility index (Phi) is 4.96. The van der Waals surface area contributed by atoms with Gasteiger partial charge in [-0.1, -0.05) is 6.92 Å². The van der Waals surface area contributed by atoms with Crippen LogP contribution in [0.4, 0.5) is 18.0 Å². The van der Waals surface area contributed by atoms with E-state index in [4.69, 9.17) is 10.5 Å². The number of rotatable bonds is 5. The molecule has 8 heteroatoms. The third-order valence-electron chi connectivity index (χ3n) is 2.14. The lowest BCUT2D eigenvalue weighted by Crippen LogP contribution is -2.20. The van der Waals surface area contributed by atoms with Crippen LogP contribution in [-0.4, -0.2) is 23.9 Å². The molecule has 1 aromatic rings. The van der Waals surface area contributed by atoms with Crippen LogP contribution >= 0.6 is 0 Å². The average molecular weight is 278 g/mol. The van der Waals surface area contributed by atoms with Crippen molar-refractivity contribution in [2.45, 2.75) is 25.6 Å². The van der Waals surface area contributed by atoms with Crippen LogP contribution in [0.3, 0.4) is 0 Å². The minimum absolute atomic E-state index is 0.157. The minimum atomic E-state index is -4.42. The molecule has 1 heterocycles. The predicted molar refractivity (Wildman–Crippen MR) is 59.5 cm³/mol. The highest BCUT2D eigenvalue weighted by Crippen LogP contribution is 2.22. The van der Waals surface area contributed by atoms with Gasteiger partial charge in [-0.2, -0.15) is 13.2 Å². The first-order valence-corrected chi connectivity index (χ1v) is 5.43. The molecule has 5 nitrogen and oxygen atoms in total. The molecule has 1 amide bonds. The maximum Gasteiger partial charge on any atom is 0.422 e. The van der Waals surface area contributed by atoms with Crippen molar-refractivity contribution < 1.29 is 27.4 Å². The molecule has 0 aliphatic heterocycles. The number of halogens is 3. The molecular formula is C11H13F3N2O3. The van der Waals surface area contributed by atoms with Crippen molar-refractivity contribution in [1.82, 2.24) is 4.98 Å². The Morgan fingerprint density at radius 3 is 2.58 bits per heavy atom. The average Bonchev–Trinajstić information content (AvgIpc) is 2.33. The molecule has 1 aromatic heterocycles. The molecule has 2 N–H and O–H groups in total. The largest absolute Gasteiger partial charge is 0.468 e. The molecule has 1 rings (SSSR count). The summed E-state index contributed by atoms with van der Waals surface area (Å²) in [6.07, 6.45) is -4.18. The van der Waals surface area contributed by atoms with Crippen molar-refractivity contribution in [2.24, 2.45) is 5.73 Å². The van der Waals surface area contributed by atoms with Gasteiger partial charge < -0.3 is 15.2 Å². The second-order valence-electron chi connectivity index (χ2n) is 3.67. The van der Waals surface area contributed by atoms with Gasteiger partial charge in [0.2, 0.25) is 5.88 Å². The van der Waals surface area contributed by atoms with Crippen LogP contribution in [0.5, 0.6) is 5.88 Å². The van der Waals surface area contributed by atoms with Gasteiger partial charge in [-0.15, -0.1) is 0 Å². The van der Waals surface area contributed by atoms with Crippen LogP contribution in [0.25, 0.3) is 0 Å². The SMILES string of the molecule is CCC(OC(N)=O)c1ccc(OCC(F)(F)F)nc1. The van der Waals surface area contributed by atoms with Crippen LogP contribution in [0.1, 0.15) is 25.0 Å². The summed E-state index contributed by atoms with van der Waals surface area (Å²) in [5.41, 5.74) is 5.43. The summed E-state index contributed by atoms with van der Waals surface area (Å²) in [6.45, 7) is 0.357. The number of pyridine rings is 1. The van der Waals surface area contributed by atoms with Crippen molar-refractivity contribution in [3.8, 4) is 5.88 Å². The zero-order valence-electron chi connectivity index (χ0n) is 10.1. The second kappa shape index (κ2) is 6.26. The molecule has 0 aromatic carbocycles. The van der Waals surface area contributed by atoms with E-state index in [1.54, 1.807) is 6.92 Å². The molecule has 0 saturated carbocycles. The zero-order valence-corrected chi connectivity index (χ0v) is 10.1. The number of carbonyl (C=O) groups excluding carboxylic acids is 1. The Morgan fingerprint density at radius 2 is 2.16 bits per heavy atom. The smallest absolute Gasteiger partial charge is 0.422 e. The van der Waals surface area contributed by atoms with E-state index in [2.05, 4.69) is 9.72 Å². The highest BCUT2D eigenvalue weighted by atomic mass is 19.4. The van der Waals surface area contributed by atoms with E-state index in [9.17, 15) is 18.0 Å². The Balaban J connectivity index is 2.67. The van der Waals surface area contributed by atoms with Crippen LogP contribution in [0.15, 0.2) is 18.3 Å². The van der Waals surface area contributed by atoms with E-state index in [-0.39, 0.29) is 5.88 Å². The summed E-state index contributed by atoms with van der Waals surface area (Å²) < 4.78 is 45.0. The Hall–Kier alpha value is -1.99. The number of hydrogen-bond acceptors (Lipinski definition) is 4. The van der Waals surface area contributed by atoms with E-state index < -0.39 is 25.0 Å². The van der Waals surface area contributed by atoms with Gasteiger partial charge in [-0.3, -0.25) is 0 Å². The topological polar surface area (TPSA) is 74.4 Å². The molecule has 0 fully saturated rings. The fourth-order valence-electron chi connectivity index (χ4n) is 1.35. The van der Waals surface area contributed by atoms with Crippen molar-refractivity contribution in [3.63, 3.8) is 0 Å². The van der Waals surface area contributed by atoms with Gasteiger partial charge in [0.05, 0.1) is 0 Å². The van der Waals surface area contributed by atoms with Crippen molar-refractivity contribution >= 4 is 6.09 Å². The molecule has 0 bridgehead atoms.